The third kappa shape index (κ3) is 3.95. The predicted molar refractivity (Wildman–Crippen MR) is 117 cm³/mol. The van der Waals surface area contributed by atoms with E-state index in [9.17, 15) is 9.59 Å². The van der Waals surface area contributed by atoms with Gasteiger partial charge in [0.25, 0.3) is 11.8 Å². The predicted octanol–water partition coefficient (Wildman–Crippen LogP) is 3.57. The van der Waals surface area contributed by atoms with E-state index in [1.54, 1.807) is 24.3 Å². The minimum Gasteiger partial charge on any atom is -0.349 e. The molecule has 1 unspecified atom stereocenters. The number of rotatable bonds is 6. The lowest BCUT2D eigenvalue weighted by molar-refractivity contribution is 0.0786. The Morgan fingerprint density at radius 2 is 1.84 bits per heavy atom. The van der Waals surface area contributed by atoms with Gasteiger partial charge in [0.05, 0.1) is 12.2 Å². The Balaban J connectivity index is 1.17. The average Bonchev–Trinajstić information content (AvgIpc) is 3.32. The van der Waals surface area contributed by atoms with Crippen molar-refractivity contribution in [2.24, 2.45) is 17.8 Å². The number of nitrogens with one attached hydrogen (secondary N) is 1. The molecule has 0 bridgehead atoms. The molecule has 0 radical (unpaired) electrons. The number of fused-ring (bicyclic) bond motifs is 1. The number of amides is 2. The van der Waals surface area contributed by atoms with E-state index in [0.717, 1.165) is 45.2 Å². The molecule has 1 saturated heterocycles. The highest BCUT2D eigenvalue weighted by molar-refractivity contribution is 6.30. The van der Waals surface area contributed by atoms with Gasteiger partial charge in [0.2, 0.25) is 0 Å². The highest BCUT2D eigenvalue weighted by Gasteiger charge is 2.59. The molecule has 1 N–H and O–H groups in total. The molecule has 1 aromatic carbocycles. The van der Waals surface area contributed by atoms with E-state index in [4.69, 9.17) is 11.6 Å². The van der Waals surface area contributed by atoms with Crippen LogP contribution in [-0.4, -0.2) is 50.8 Å². The number of hydrogen-bond acceptors (Lipinski definition) is 4. The second-order valence-corrected chi connectivity index (χ2v) is 9.54. The first-order valence-electron chi connectivity index (χ1n) is 11.3. The first kappa shape index (κ1) is 20.5. The van der Waals surface area contributed by atoms with Gasteiger partial charge in [-0.15, -0.1) is 5.10 Å². The Kier molecular flexibility index (Phi) is 5.46. The summed E-state index contributed by atoms with van der Waals surface area (Å²) in [4.78, 5) is 27.0. The van der Waals surface area contributed by atoms with Gasteiger partial charge in [-0.25, -0.2) is 4.68 Å². The zero-order valence-electron chi connectivity index (χ0n) is 17.7. The second-order valence-electron chi connectivity index (χ2n) is 9.11. The number of carbonyl (C=O) groups is 2. The van der Waals surface area contributed by atoms with Gasteiger partial charge in [-0.05, 0) is 74.1 Å². The number of aromatic nitrogens is 3. The van der Waals surface area contributed by atoms with Crippen LogP contribution in [0.1, 0.15) is 65.9 Å². The minimum absolute atomic E-state index is 0.000687. The Bertz CT molecular complexity index is 957. The fraction of sp³-hybridized carbons (Fsp3) is 0.565. The summed E-state index contributed by atoms with van der Waals surface area (Å²) in [5.41, 5.74) is 1.10. The molecule has 0 spiro atoms. The number of carbonyl (C=O) groups excluding carboxylic acids is 2. The highest BCUT2D eigenvalue weighted by atomic mass is 35.5. The maximum atomic E-state index is 12.6. The topological polar surface area (TPSA) is 80.1 Å². The average molecular weight is 442 g/mol. The normalized spacial score (nSPS) is 27.7. The lowest BCUT2D eigenvalue weighted by Gasteiger charge is -2.21. The summed E-state index contributed by atoms with van der Waals surface area (Å²) in [6.45, 7) is 3.77. The van der Waals surface area contributed by atoms with Crippen LogP contribution < -0.4 is 5.32 Å². The largest absolute Gasteiger partial charge is 0.349 e. The van der Waals surface area contributed by atoms with Crippen LogP contribution in [0.5, 0.6) is 0 Å². The molecule has 3 aliphatic rings. The maximum absolute atomic E-state index is 12.6. The van der Waals surface area contributed by atoms with Crippen molar-refractivity contribution < 1.29 is 9.59 Å². The van der Waals surface area contributed by atoms with Gasteiger partial charge in [-0.2, -0.15) is 0 Å². The van der Waals surface area contributed by atoms with E-state index >= 15 is 0 Å². The van der Waals surface area contributed by atoms with Gasteiger partial charge in [-0.3, -0.25) is 9.59 Å². The van der Waals surface area contributed by atoms with Crippen molar-refractivity contribution in [2.45, 2.75) is 51.1 Å². The summed E-state index contributed by atoms with van der Waals surface area (Å²) in [7, 11) is 0. The molecule has 2 amide bonds. The summed E-state index contributed by atoms with van der Waals surface area (Å²) in [6.07, 6.45) is 6.94. The van der Waals surface area contributed by atoms with E-state index in [0.29, 0.717) is 40.1 Å². The van der Waals surface area contributed by atoms with Crippen molar-refractivity contribution in [1.82, 2.24) is 25.2 Å². The number of halogens is 1. The third-order valence-electron chi connectivity index (χ3n) is 7.31. The van der Waals surface area contributed by atoms with Crippen LogP contribution >= 0.6 is 11.6 Å². The molecule has 2 saturated carbocycles. The monoisotopic (exact) mass is 441 g/mol. The molecule has 2 heterocycles. The smallest absolute Gasteiger partial charge is 0.276 e. The quantitative estimate of drug-likeness (QED) is 0.743. The Hall–Kier alpha value is -2.41. The Morgan fingerprint density at radius 1 is 1.16 bits per heavy atom. The van der Waals surface area contributed by atoms with E-state index in [2.05, 4.69) is 22.6 Å². The lowest BCUT2D eigenvalue weighted by Crippen LogP contribution is -2.37. The van der Waals surface area contributed by atoms with Crippen molar-refractivity contribution in [3.8, 4) is 0 Å². The van der Waals surface area contributed by atoms with Crippen LogP contribution in [0.4, 0.5) is 0 Å². The fourth-order valence-electron chi connectivity index (χ4n) is 5.63. The van der Waals surface area contributed by atoms with Gasteiger partial charge in [0.1, 0.15) is 0 Å². The molecular formula is C23H28ClN5O2. The SMILES string of the molecule is CCC(NC(=O)c1ccc(Cl)cc1)[C@H]1[C@@H]2C[C@@H](n3cc(C(=O)N4CCCC4)nn3)C[C@@H]21. The van der Waals surface area contributed by atoms with Gasteiger partial charge < -0.3 is 10.2 Å². The molecule has 3 fully saturated rings. The van der Waals surface area contributed by atoms with Crippen LogP contribution in [0.15, 0.2) is 30.5 Å². The second kappa shape index (κ2) is 8.26. The molecule has 31 heavy (non-hydrogen) atoms. The van der Waals surface area contributed by atoms with Crippen LogP contribution in [0, 0.1) is 17.8 Å². The van der Waals surface area contributed by atoms with E-state index in [-0.39, 0.29) is 17.9 Å². The third-order valence-corrected chi connectivity index (χ3v) is 7.56. The molecule has 7 nitrogen and oxygen atoms in total. The molecule has 164 valence electrons. The maximum Gasteiger partial charge on any atom is 0.276 e. The van der Waals surface area contributed by atoms with E-state index in [1.807, 2.05) is 15.8 Å². The lowest BCUT2D eigenvalue weighted by atomic mass is 9.99. The summed E-state index contributed by atoms with van der Waals surface area (Å²) in [5.74, 6) is 1.68. The number of hydrogen-bond donors (Lipinski definition) is 1. The fourth-order valence-corrected chi connectivity index (χ4v) is 5.76. The van der Waals surface area contributed by atoms with Crippen molar-refractivity contribution in [1.29, 1.82) is 0 Å². The van der Waals surface area contributed by atoms with Gasteiger partial charge in [0, 0.05) is 29.7 Å². The molecule has 8 heteroatoms. The van der Waals surface area contributed by atoms with E-state index in [1.165, 1.54) is 0 Å². The molecular weight excluding hydrogens is 414 g/mol. The molecule has 2 aliphatic carbocycles. The zero-order chi connectivity index (χ0) is 21.5. The summed E-state index contributed by atoms with van der Waals surface area (Å²) in [5, 5.41) is 12.3. The molecule has 2 aromatic rings. The Morgan fingerprint density at radius 3 is 2.48 bits per heavy atom. The van der Waals surface area contributed by atoms with Crippen LogP contribution in [-0.2, 0) is 0 Å². The van der Waals surface area contributed by atoms with Crippen LogP contribution in [0.3, 0.4) is 0 Å². The summed E-state index contributed by atoms with van der Waals surface area (Å²) < 4.78 is 1.89. The standard InChI is InChI=1S/C23H28ClN5O2/c1-2-19(25-22(30)14-5-7-15(24)8-6-14)21-17-11-16(12-18(17)21)29-13-20(26-27-29)23(31)28-9-3-4-10-28/h5-8,13,16-19,21H,2-4,9-12H2,1H3,(H,25,30)/t16-,17-,18+,19?,21+. The van der Waals surface area contributed by atoms with Gasteiger partial charge in [-0.1, -0.05) is 23.7 Å². The number of benzene rings is 1. The van der Waals surface area contributed by atoms with Crippen molar-refractivity contribution in [3.63, 3.8) is 0 Å². The zero-order valence-corrected chi connectivity index (χ0v) is 18.5. The highest BCUT2D eigenvalue weighted by Crippen LogP contribution is 2.62. The summed E-state index contributed by atoms with van der Waals surface area (Å²) >= 11 is 5.93. The first-order chi connectivity index (χ1) is 15.0. The summed E-state index contributed by atoms with van der Waals surface area (Å²) in [6, 6.07) is 7.49. The van der Waals surface area contributed by atoms with Crippen LogP contribution in [0.25, 0.3) is 0 Å². The van der Waals surface area contributed by atoms with Crippen LogP contribution in [0.2, 0.25) is 5.02 Å². The Labute approximate surface area is 187 Å². The molecule has 1 aliphatic heterocycles. The molecule has 5 atom stereocenters. The van der Waals surface area contributed by atoms with E-state index < -0.39 is 0 Å². The van der Waals surface area contributed by atoms with Crippen molar-refractivity contribution in [3.05, 3.63) is 46.7 Å². The minimum atomic E-state index is -0.0358. The van der Waals surface area contributed by atoms with Gasteiger partial charge >= 0.3 is 0 Å². The van der Waals surface area contributed by atoms with Crippen molar-refractivity contribution in [2.75, 3.05) is 13.1 Å². The molecule has 5 rings (SSSR count). The number of nitrogens with zero attached hydrogens (tertiary/aromatic N) is 4. The molecule has 1 aromatic heterocycles. The number of likely N-dealkylation sites (tertiary alicyclic amines) is 1. The van der Waals surface area contributed by atoms with Gasteiger partial charge in [0.15, 0.2) is 5.69 Å². The van der Waals surface area contributed by atoms with Crippen molar-refractivity contribution >= 4 is 23.4 Å². The first-order valence-corrected chi connectivity index (χ1v) is 11.7.